The van der Waals surface area contributed by atoms with Crippen molar-refractivity contribution >= 4 is 11.9 Å². The van der Waals surface area contributed by atoms with Crippen molar-refractivity contribution in [1.29, 1.82) is 0 Å². The first kappa shape index (κ1) is 16.2. The van der Waals surface area contributed by atoms with E-state index in [2.05, 4.69) is 6.58 Å². The molecule has 3 rings (SSSR count). The van der Waals surface area contributed by atoms with Crippen LogP contribution in [0.5, 0.6) is 0 Å². The maximum Gasteiger partial charge on any atom is 0.334 e. The van der Waals surface area contributed by atoms with Gasteiger partial charge in [-0.05, 0) is 20.3 Å². The summed E-state index contributed by atoms with van der Waals surface area (Å²) in [4.78, 5) is 23.4. The Morgan fingerprint density at radius 2 is 2.13 bits per heavy atom. The number of aliphatic hydroxyl groups is 2. The number of aliphatic hydroxyl groups excluding tert-OH is 1. The van der Waals surface area contributed by atoms with E-state index in [9.17, 15) is 19.8 Å². The van der Waals surface area contributed by atoms with Crippen LogP contribution in [0.1, 0.15) is 27.2 Å². The van der Waals surface area contributed by atoms with Gasteiger partial charge in [-0.15, -0.1) is 0 Å². The number of rotatable bonds is 1. The van der Waals surface area contributed by atoms with Crippen molar-refractivity contribution in [3.05, 3.63) is 23.8 Å². The van der Waals surface area contributed by atoms with E-state index in [-0.39, 0.29) is 17.4 Å². The molecule has 1 aliphatic heterocycles. The highest BCUT2D eigenvalue weighted by molar-refractivity contribution is 5.91. The van der Waals surface area contributed by atoms with Crippen LogP contribution in [0.2, 0.25) is 0 Å². The molecule has 1 saturated heterocycles. The van der Waals surface area contributed by atoms with Crippen LogP contribution in [0.3, 0.4) is 0 Å². The largest absolute Gasteiger partial charge is 0.458 e. The fourth-order valence-electron chi connectivity index (χ4n) is 4.42. The minimum absolute atomic E-state index is 0.163. The first-order valence-electron chi connectivity index (χ1n) is 7.80. The molecule has 1 heterocycles. The number of fused-ring (bicyclic) bond motifs is 3. The van der Waals surface area contributed by atoms with Crippen molar-refractivity contribution in [2.75, 3.05) is 0 Å². The molecule has 2 fully saturated rings. The number of hydrogen-bond donors (Lipinski definition) is 2. The molecule has 23 heavy (non-hydrogen) atoms. The number of allylic oxidation sites excluding steroid dienone is 1. The molecule has 6 heteroatoms. The van der Waals surface area contributed by atoms with Crippen molar-refractivity contribution in [1.82, 2.24) is 0 Å². The maximum absolute atomic E-state index is 12.0. The van der Waals surface area contributed by atoms with E-state index < -0.39 is 41.8 Å². The Hall–Kier alpha value is -1.66. The van der Waals surface area contributed by atoms with Crippen molar-refractivity contribution in [3.63, 3.8) is 0 Å². The zero-order chi connectivity index (χ0) is 17.1. The molecule has 0 aromatic carbocycles. The van der Waals surface area contributed by atoms with Crippen molar-refractivity contribution in [2.45, 2.75) is 51.1 Å². The third-order valence-electron chi connectivity index (χ3n) is 5.57. The minimum Gasteiger partial charge on any atom is -0.458 e. The molecule has 0 spiro atoms. The van der Waals surface area contributed by atoms with Crippen LogP contribution in [-0.2, 0) is 19.1 Å². The molecule has 7 atom stereocenters. The average Bonchev–Trinajstić information content (AvgIpc) is 2.95. The van der Waals surface area contributed by atoms with E-state index in [0.717, 1.165) is 5.57 Å². The SMILES string of the molecule is C=C1C(=O)OC2C1C(O)C(OC(C)=O)C(C)(O)C1CC=C(C)C21. The van der Waals surface area contributed by atoms with Crippen LogP contribution in [0.4, 0.5) is 0 Å². The maximum atomic E-state index is 12.0. The van der Waals surface area contributed by atoms with Gasteiger partial charge in [0.2, 0.25) is 0 Å². The van der Waals surface area contributed by atoms with Crippen LogP contribution in [-0.4, -0.2) is 46.1 Å². The summed E-state index contributed by atoms with van der Waals surface area (Å²) in [6.07, 6.45) is -0.426. The molecule has 0 radical (unpaired) electrons. The predicted molar refractivity (Wildman–Crippen MR) is 80.0 cm³/mol. The first-order chi connectivity index (χ1) is 10.7. The fraction of sp³-hybridized carbons (Fsp3) is 0.647. The first-order valence-corrected chi connectivity index (χ1v) is 7.80. The van der Waals surface area contributed by atoms with E-state index in [1.807, 2.05) is 13.0 Å². The zero-order valence-electron chi connectivity index (χ0n) is 13.5. The Bertz CT molecular complexity index is 604. The summed E-state index contributed by atoms with van der Waals surface area (Å²) in [6.45, 7) is 8.46. The van der Waals surface area contributed by atoms with E-state index in [1.165, 1.54) is 6.92 Å². The van der Waals surface area contributed by atoms with E-state index in [4.69, 9.17) is 9.47 Å². The highest BCUT2D eigenvalue weighted by Crippen LogP contribution is 2.52. The second-order valence-corrected chi connectivity index (χ2v) is 6.98. The quantitative estimate of drug-likeness (QED) is 0.420. The fourth-order valence-corrected chi connectivity index (χ4v) is 4.42. The number of hydrogen-bond acceptors (Lipinski definition) is 6. The van der Waals surface area contributed by atoms with Gasteiger partial charge in [0.25, 0.3) is 0 Å². The Morgan fingerprint density at radius 3 is 2.74 bits per heavy atom. The van der Waals surface area contributed by atoms with Crippen LogP contribution in [0, 0.1) is 17.8 Å². The lowest BCUT2D eigenvalue weighted by Gasteiger charge is -2.39. The Kier molecular flexibility index (Phi) is 3.65. The third-order valence-corrected chi connectivity index (χ3v) is 5.57. The molecular formula is C17H22O6. The zero-order valence-corrected chi connectivity index (χ0v) is 13.5. The lowest BCUT2D eigenvalue weighted by atomic mass is 9.75. The number of esters is 2. The second kappa shape index (κ2) is 5.18. The highest BCUT2D eigenvalue weighted by atomic mass is 16.6. The average molecular weight is 322 g/mol. The van der Waals surface area contributed by atoms with Crippen molar-refractivity contribution < 1.29 is 29.3 Å². The van der Waals surface area contributed by atoms with Gasteiger partial charge in [0.05, 0.1) is 5.92 Å². The van der Waals surface area contributed by atoms with Gasteiger partial charge in [-0.25, -0.2) is 4.79 Å². The topological polar surface area (TPSA) is 93.1 Å². The van der Waals surface area contributed by atoms with E-state index in [0.29, 0.717) is 6.42 Å². The summed E-state index contributed by atoms with van der Waals surface area (Å²) in [6, 6.07) is 0. The lowest BCUT2D eigenvalue weighted by molar-refractivity contribution is -0.186. The Balaban J connectivity index is 2.11. The molecule has 126 valence electrons. The molecular weight excluding hydrogens is 300 g/mol. The molecule has 0 aromatic heterocycles. The highest BCUT2D eigenvalue weighted by Gasteiger charge is 2.62. The smallest absolute Gasteiger partial charge is 0.334 e. The van der Waals surface area contributed by atoms with Crippen molar-refractivity contribution in [3.8, 4) is 0 Å². The lowest BCUT2D eigenvalue weighted by Crippen LogP contribution is -2.54. The minimum atomic E-state index is -1.44. The van der Waals surface area contributed by atoms with E-state index >= 15 is 0 Å². The van der Waals surface area contributed by atoms with Gasteiger partial charge in [0.15, 0.2) is 6.10 Å². The summed E-state index contributed by atoms with van der Waals surface area (Å²) < 4.78 is 10.7. The van der Waals surface area contributed by atoms with Crippen LogP contribution >= 0.6 is 0 Å². The normalized spacial score (nSPS) is 45.7. The van der Waals surface area contributed by atoms with Crippen LogP contribution in [0.25, 0.3) is 0 Å². The monoisotopic (exact) mass is 322 g/mol. The Labute approximate surface area is 134 Å². The van der Waals surface area contributed by atoms with Gasteiger partial charge in [0.1, 0.15) is 17.8 Å². The van der Waals surface area contributed by atoms with Gasteiger partial charge in [-0.2, -0.15) is 0 Å². The van der Waals surface area contributed by atoms with Crippen LogP contribution in [0.15, 0.2) is 23.8 Å². The molecule has 0 bridgehead atoms. The van der Waals surface area contributed by atoms with Gasteiger partial charge < -0.3 is 19.7 Å². The predicted octanol–water partition coefficient (Wildman–Crippen LogP) is 0.724. The molecule has 0 aromatic rings. The van der Waals surface area contributed by atoms with E-state index in [1.54, 1.807) is 6.92 Å². The molecule has 3 aliphatic rings. The van der Waals surface area contributed by atoms with Gasteiger partial charge in [-0.3, -0.25) is 4.79 Å². The second-order valence-electron chi connectivity index (χ2n) is 6.98. The summed E-state index contributed by atoms with van der Waals surface area (Å²) in [5, 5.41) is 21.9. The summed E-state index contributed by atoms with van der Waals surface area (Å²) in [7, 11) is 0. The van der Waals surface area contributed by atoms with Gasteiger partial charge in [-0.1, -0.05) is 18.2 Å². The Morgan fingerprint density at radius 1 is 1.48 bits per heavy atom. The number of carbonyl (C=O) groups excluding carboxylic acids is 2. The standard InChI is InChI=1S/C17H22O6/c1-7-5-6-10-11(7)14-12(8(2)16(20)23-14)13(19)15(17(10,4)21)22-9(3)18/h5,10-15,19,21H,2,6H2,1,3-4H3. The molecule has 7 unspecified atom stereocenters. The van der Waals surface area contributed by atoms with Gasteiger partial charge in [0, 0.05) is 24.3 Å². The molecule has 2 N–H and O–H groups in total. The number of carbonyl (C=O) groups is 2. The summed E-state index contributed by atoms with van der Waals surface area (Å²) in [5.41, 5.74) is -0.277. The summed E-state index contributed by atoms with van der Waals surface area (Å²) in [5.74, 6) is -2.37. The third kappa shape index (κ3) is 2.23. The molecule has 2 aliphatic carbocycles. The molecule has 0 amide bonds. The number of ether oxygens (including phenoxy) is 2. The van der Waals surface area contributed by atoms with Gasteiger partial charge >= 0.3 is 11.9 Å². The molecule has 6 nitrogen and oxygen atoms in total. The van der Waals surface area contributed by atoms with Crippen LogP contribution < -0.4 is 0 Å². The van der Waals surface area contributed by atoms with Crippen molar-refractivity contribution in [2.24, 2.45) is 17.8 Å². The molecule has 1 saturated carbocycles. The summed E-state index contributed by atoms with van der Waals surface area (Å²) >= 11 is 0.